The van der Waals surface area contributed by atoms with Crippen LogP contribution in [0.2, 0.25) is 0 Å². The van der Waals surface area contributed by atoms with E-state index >= 15 is 0 Å². The molecule has 2 aromatic rings. The molecule has 1 amide bonds. The van der Waals surface area contributed by atoms with Gasteiger partial charge in [0.05, 0.1) is 7.11 Å². The fourth-order valence-corrected chi connectivity index (χ4v) is 2.36. The Balaban J connectivity index is 2.09. The zero-order chi connectivity index (χ0) is 18.6. The number of hydrogen-bond acceptors (Lipinski definition) is 4. The third kappa shape index (κ3) is 4.59. The Morgan fingerprint density at radius 2 is 1.64 bits per heavy atom. The zero-order valence-electron chi connectivity index (χ0n) is 15.2. The fraction of sp³-hybridized carbons (Fsp3) is 0.300. The number of nitrogens with one attached hydrogen (secondary N) is 1. The van der Waals surface area contributed by atoms with Gasteiger partial charge in [-0.25, -0.2) is 4.79 Å². The smallest absolute Gasteiger partial charge is 0.342 e. The van der Waals surface area contributed by atoms with E-state index in [1.807, 2.05) is 45.0 Å². The van der Waals surface area contributed by atoms with Crippen molar-refractivity contribution < 1.29 is 19.1 Å². The van der Waals surface area contributed by atoms with Gasteiger partial charge in [0, 0.05) is 5.69 Å². The molecule has 2 aromatic carbocycles. The lowest BCUT2D eigenvalue weighted by Crippen LogP contribution is -2.30. The summed E-state index contributed by atoms with van der Waals surface area (Å²) < 4.78 is 10.5. The average molecular weight is 341 g/mol. The van der Waals surface area contributed by atoms with Gasteiger partial charge in [0.2, 0.25) is 0 Å². The molecule has 5 nitrogen and oxygen atoms in total. The number of benzene rings is 2. The van der Waals surface area contributed by atoms with Crippen molar-refractivity contribution in [2.45, 2.75) is 33.8 Å². The highest BCUT2D eigenvalue weighted by Crippen LogP contribution is 2.22. The highest BCUT2D eigenvalue weighted by Gasteiger charge is 2.22. The van der Waals surface area contributed by atoms with E-state index in [1.165, 1.54) is 7.11 Å². The van der Waals surface area contributed by atoms with Gasteiger partial charge in [-0.1, -0.05) is 23.8 Å². The van der Waals surface area contributed by atoms with Gasteiger partial charge in [-0.2, -0.15) is 0 Å². The molecule has 0 spiro atoms. The molecule has 0 aliphatic carbocycles. The first-order chi connectivity index (χ1) is 11.8. The van der Waals surface area contributed by atoms with Crippen molar-refractivity contribution in [3.63, 3.8) is 0 Å². The molecule has 0 heterocycles. The number of amides is 1. The molecule has 0 aromatic heterocycles. The van der Waals surface area contributed by atoms with Crippen LogP contribution in [0.25, 0.3) is 0 Å². The Hall–Kier alpha value is -2.82. The molecular formula is C20H23NO4. The van der Waals surface area contributed by atoms with Gasteiger partial charge in [0.15, 0.2) is 6.10 Å². The van der Waals surface area contributed by atoms with E-state index in [1.54, 1.807) is 19.1 Å². The number of ether oxygens (including phenoxy) is 2. The van der Waals surface area contributed by atoms with Gasteiger partial charge in [0.25, 0.3) is 5.91 Å². The number of anilines is 1. The molecule has 0 saturated heterocycles. The minimum absolute atomic E-state index is 0.300. The van der Waals surface area contributed by atoms with Crippen LogP contribution in [0.1, 0.15) is 34.0 Å². The third-order valence-corrected chi connectivity index (χ3v) is 3.88. The Bertz CT molecular complexity index is 798. The summed E-state index contributed by atoms with van der Waals surface area (Å²) in [4.78, 5) is 24.7. The van der Waals surface area contributed by atoms with Crippen molar-refractivity contribution in [1.29, 1.82) is 0 Å². The van der Waals surface area contributed by atoms with Crippen molar-refractivity contribution in [3.8, 4) is 5.75 Å². The number of carbonyl (C=O) groups excluding carboxylic acids is 2. The number of hydrogen-bond donors (Lipinski definition) is 1. The molecule has 5 heteroatoms. The van der Waals surface area contributed by atoms with Crippen molar-refractivity contribution in [2.24, 2.45) is 0 Å². The van der Waals surface area contributed by atoms with Crippen molar-refractivity contribution in [2.75, 3.05) is 12.4 Å². The maximum Gasteiger partial charge on any atom is 0.342 e. The van der Waals surface area contributed by atoms with E-state index in [4.69, 9.17) is 9.47 Å². The predicted molar refractivity (Wildman–Crippen MR) is 97.2 cm³/mol. The lowest BCUT2D eigenvalue weighted by molar-refractivity contribution is -0.123. The molecule has 0 saturated carbocycles. The van der Waals surface area contributed by atoms with E-state index in [0.29, 0.717) is 17.0 Å². The molecule has 0 unspecified atom stereocenters. The van der Waals surface area contributed by atoms with E-state index < -0.39 is 12.1 Å². The molecule has 1 N–H and O–H groups in total. The molecule has 2 rings (SSSR count). The summed E-state index contributed by atoms with van der Waals surface area (Å²) in [5.74, 6) is -0.560. The van der Waals surface area contributed by atoms with Gasteiger partial charge in [-0.3, -0.25) is 4.79 Å². The first-order valence-electron chi connectivity index (χ1n) is 8.05. The molecule has 132 valence electrons. The van der Waals surface area contributed by atoms with Gasteiger partial charge < -0.3 is 14.8 Å². The van der Waals surface area contributed by atoms with Crippen molar-refractivity contribution >= 4 is 17.6 Å². The second-order valence-corrected chi connectivity index (χ2v) is 6.06. The molecule has 0 bridgehead atoms. The second-order valence-electron chi connectivity index (χ2n) is 6.06. The average Bonchev–Trinajstić information content (AvgIpc) is 2.57. The van der Waals surface area contributed by atoms with Crippen LogP contribution in [0.3, 0.4) is 0 Å². The van der Waals surface area contributed by atoms with Crippen LogP contribution in [0, 0.1) is 20.8 Å². The Morgan fingerprint density at radius 1 is 1.00 bits per heavy atom. The molecule has 25 heavy (non-hydrogen) atoms. The van der Waals surface area contributed by atoms with Gasteiger partial charge in [-0.15, -0.1) is 0 Å². The van der Waals surface area contributed by atoms with E-state index in [-0.39, 0.29) is 5.91 Å². The van der Waals surface area contributed by atoms with Crippen molar-refractivity contribution in [3.05, 3.63) is 58.7 Å². The maximum absolute atomic E-state index is 12.4. The monoisotopic (exact) mass is 341 g/mol. The minimum Gasteiger partial charge on any atom is -0.496 e. The standard InChI is InChI=1S/C20H23NO4/c1-12-7-9-18(24-5)16(10-12)20(23)25-15(4)19(22)21-17-11-13(2)6-8-14(17)3/h6-11,15H,1-5H3,(H,21,22)/t15-/m0/s1. The highest BCUT2D eigenvalue weighted by molar-refractivity contribution is 5.98. The van der Waals surface area contributed by atoms with Crippen LogP contribution in [0.15, 0.2) is 36.4 Å². The summed E-state index contributed by atoms with van der Waals surface area (Å²) in [6.45, 7) is 7.26. The van der Waals surface area contributed by atoms with Gasteiger partial charge >= 0.3 is 5.97 Å². The predicted octanol–water partition coefficient (Wildman–Crippen LogP) is 3.80. The quantitative estimate of drug-likeness (QED) is 0.840. The lowest BCUT2D eigenvalue weighted by atomic mass is 10.1. The summed E-state index contributed by atoms with van der Waals surface area (Å²) in [7, 11) is 1.48. The molecule has 1 atom stereocenters. The van der Waals surface area contributed by atoms with E-state index in [2.05, 4.69) is 5.32 Å². The Kier molecular flexibility index (Phi) is 5.80. The van der Waals surface area contributed by atoms with Crippen LogP contribution in [-0.4, -0.2) is 25.1 Å². The van der Waals surface area contributed by atoms with E-state index in [0.717, 1.165) is 16.7 Å². The van der Waals surface area contributed by atoms with Crippen LogP contribution >= 0.6 is 0 Å². The second kappa shape index (κ2) is 7.83. The lowest BCUT2D eigenvalue weighted by Gasteiger charge is -2.16. The largest absolute Gasteiger partial charge is 0.496 e. The number of rotatable bonds is 5. The first kappa shape index (κ1) is 18.5. The summed E-state index contributed by atoms with van der Waals surface area (Å²) in [5, 5.41) is 2.80. The number of carbonyl (C=O) groups is 2. The van der Waals surface area contributed by atoms with Crippen LogP contribution in [0.4, 0.5) is 5.69 Å². The van der Waals surface area contributed by atoms with Crippen LogP contribution < -0.4 is 10.1 Å². The topological polar surface area (TPSA) is 64.6 Å². The number of esters is 1. The third-order valence-electron chi connectivity index (χ3n) is 3.88. The SMILES string of the molecule is COc1ccc(C)cc1C(=O)O[C@@H](C)C(=O)Nc1cc(C)ccc1C. The Labute approximate surface area is 148 Å². The zero-order valence-corrected chi connectivity index (χ0v) is 15.2. The van der Waals surface area contributed by atoms with Gasteiger partial charge in [-0.05, 0) is 57.0 Å². The Morgan fingerprint density at radius 3 is 2.32 bits per heavy atom. The fourth-order valence-electron chi connectivity index (χ4n) is 2.36. The molecular weight excluding hydrogens is 318 g/mol. The summed E-state index contributed by atoms with van der Waals surface area (Å²) >= 11 is 0. The minimum atomic E-state index is -0.933. The highest BCUT2D eigenvalue weighted by atomic mass is 16.5. The summed E-state index contributed by atoms with van der Waals surface area (Å²) in [6, 6.07) is 11.0. The molecule has 0 radical (unpaired) electrons. The first-order valence-corrected chi connectivity index (χ1v) is 8.05. The molecule has 0 fully saturated rings. The van der Waals surface area contributed by atoms with Crippen LogP contribution in [-0.2, 0) is 9.53 Å². The summed E-state index contributed by atoms with van der Waals surface area (Å²) in [5.41, 5.74) is 3.89. The van der Waals surface area contributed by atoms with Crippen molar-refractivity contribution in [1.82, 2.24) is 0 Å². The summed E-state index contributed by atoms with van der Waals surface area (Å²) in [6.07, 6.45) is -0.933. The maximum atomic E-state index is 12.4. The normalized spacial score (nSPS) is 11.6. The van der Waals surface area contributed by atoms with Crippen LogP contribution in [0.5, 0.6) is 5.75 Å². The van der Waals surface area contributed by atoms with E-state index in [9.17, 15) is 9.59 Å². The number of methoxy groups -OCH3 is 1. The molecule has 0 aliphatic heterocycles. The molecule has 0 aliphatic rings. The number of aryl methyl sites for hydroxylation is 3. The van der Waals surface area contributed by atoms with Gasteiger partial charge in [0.1, 0.15) is 11.3 Å².